The Morgan fingerprint density at radius 2 is 1.94 bits per heavy atom. The zero-order valence-electron chi connectivity index (χ0n) is 10.0. The van der Waals surface area contributed by atoms with Crippen molar-refractivity contribution >= 4 is 24.4 Å². The molecule has 0 amide bonds. The molecular formula is C13H17NO3S. The minimum absolute atomic E-state index is 0.0944. The molecule has 0 radical (unpaired) electrons. The number of aliphatic carboxylic acids is 1. The number of carboxylic acids is 1. The second kappa shape index (κ2) is 7.89. The van der Waals surface area contributed by atoms with Crippen LogP contribution >= 0.6 is 12.6 Å². The smallest absolute Gasteiger partial charge is 0.321 e. The summed E-state index contributed by atoms with van der Waals surface area (Å²) in [7, 11) is 0. The van der Waals surface area contributed by atoms with E-state index in [-0.39, 0.29) is 11.5 Å². The lowest BCUT2D eigenvalue weighted by Gasteiger charge is -2.10. The minimum Gasteiger partial charge on any atom is -0.480 e. The molecule has 0 aliphatic carbocycles. The van der Waals surface area contributed by atoms with Crippen LogP contribution in [0.15, 0.2) is 30.3 Å². The molecule has 0 aromatic heterocycles. The van der Waals surface area contributed by atoms with Gasteiger partial charge in [-0.2, -0.15) is 12.6 Å². The van der Waals surface area contributed by atoms with E-state index in [9.17, 15) is 9.59 Å². The molecular weight excluding hydrogens is 250 g/mol. The van der Waals surface area contributed by atoms with Gasteiger partial charge in [0, 0.05) is 25.1 Å². The summed E-state index contributed by atoms with van der Waals surface area (Å²) < 4.78 is 0. The van der Waals surface area contributed by atoms with Crippen LogP contribution in [0.3, 0.4) is 0 Å². The van der Waals surface area contributed by atoms with Gasteiger partial charge in [0.2, 0.25) is 0 Å². The fourth-order valence-electron chi connectivity index (χ4n) is 1.53. The highest BCUT2D eigenvalue weighted by atomic mass is 32.1. The van der Waals surface area contributed by atoms with Crippen LogP contribution in [0.2, 0.25) is 0 Å². The highest BCUT2D eigenvalue weighted by Crippen LogP contribution is 2.01. The molecule has 0 fully saturated rings. The Kier molecular flexibility index (Phi) is 6.46. The van der Waals surface area contributed by atoms with Gasteiger partial charge in [0.25, 0.3) is 0 Å². The molecule has 0 spiro atoms. The number of carboxylic acid groups (broad SMARTS) is 1. The molecule has 0 aliphatic heterocycles. The number of carbonyl (C=O) groups is 2. The van der Waals surface area contributed by atoms with E-state index in [1.54, 1.807) is 0 Å². The Morgan fingerprint density at radius 3 is 2.50 bits per heavy atom. The zero-order chi connectivity index (χ0) is 13.4. The average Bonchev–Trinajstić information content (AvgIpc) is 2.35. The van der Waals surface area contributed by atoms with E-state index in [0.29, 0.717) is 19.4 Å². The van der Waals surface area contributed by atoms with Crippen LogP contribution in [0.4, 0.5) is 0 Å². The van der Waals surface area contributed by atoms with Crippen molar-refractivity contribution in [3.8, 4) is 0 Å². The van der Waals surface area contributed by atoms with Crippen molar-refractivity contribution in [2.75, 3.05) is 12.3 Å². The van der Waals surface area contributed by atoms with Crippen LogP contribution in [0, 0.1) is 0 Å². The average molecular weight is 267 g/mol. The van der Waals surface area contributed by atoms with Crippen LogP contribution in [0.25, 0.3) is 0 Å². The van der Waals surface area contributed by atoms with Gasteiger partial charge in [-0.15, -0.1) is 0 Å². The van der Waals surface area contributed by atoms with Crippen LogP contribution in [0.5, 0.6) is 0 Å². The predicted molar refractivity (Wildman–Crippen MR) is 73.0 cm³/mol. The Bertz CT molecular complexity index is 394. The summed E-state index contributed by atoms with van der Waals surface area (Å²) >= 11 is 3.93. The first-order valence-electron chi connectivity index (χ1n) is 5.76. The predicted octanol–water partition coefficient (Wildman–Crippen LogP) is 1.16. The lowest BCUT2D eigenvalue weighted by Crippen LogP contribution is -2.39. The minimum atomic E-state index is -0.944. The van der Waals surface area contributed by atoms with Gasteiger partial charge in [0.1, 0.15) is 11.8 Å². The van der Waals surface area contributed by atoms with Gasteiger partial charge in [0.05, 0.1) is 0 Å². The van der Waals surface area contributed by atoms with Gasteiger partial charge in [-0.25, -0.2) is 0 Å². The standard InChI is InChI=1S/C13H17NO3S/c15-11(8-10-4-2-1-3-5-10)6-7-14-12(9-18)13(16)17/h1-5,12,14,18H,6-9H2,(H,16,17)/t12-/m1/s1. The largest absolute Gasteiger partial charge is 0.480 e. The maximum Gasteiger partial charge on any atom is 0.321 e. The van der Waals surface area contributed by atoms with E-state index in [2.05, 4.69) is 17.9 Å². The topological polar surface area (TPSA) is 66.4 Å². The number of nitrogens with one attached hydrogen (secondary N) is 1. The number of thiol groups is 1. The number of carbonyl (C=O) groups excluding carboxylic acids is 1. The molecule has 1 rings (SSSR count). The summed E-state index contributed by atoms with van der Waals surface area (Å²) in [6.07, 6.45) is 0.716. The third-order valence-electron chi connectivity index (χ3n) is 2.52. The van der Waals surface area contributed by atoms with Crippen molar-refractivity contribution in [3.05, 3.63) is 35.9 Å². The van der Waals surface area contributed by atoms with Crippen molar-refractivity contribution in [3.63, 3.8) is 0 Å². The van der Waals surface area contributed by atoms with Crippen molar-refractivity contribution < 1.29 is 14.7 Å². The lowest BCUT2D eigenvalue weighted by atomic mass is 10.1. The third-order valence-corrected chi connectivity index (χ3v) is 2.88. The highest BCUT2D eigenvalue weighted by molar-refractivity contribution is 7.80. The van der Waals surface area contributed by atoms with Crippen LogP contribution < -0.4 is 5.32 Å². The Balaban J connectivity index is 2.27. The second-order valence-corrected chi connectivity index (χ2v) is 4.34. The van der Waals surface area contributed by atoms with Gasteiger partial charge in [-0.05, 0) is 5.56 Å². The summed E-state index contributed by atoms with van der Waals surface area (Å²) in [5, 5.41) is 11.6. The Hall–Kier alpha value is -1.33. The Labute approximate surface area is 112 Å². The monoisotopic (exact) mass is 267 g/mol. The van der Waals surface area contributed by atoms with Gasteiger partial charge in [-0.1, -0.05) is 30.3 Å². The molecule has 2 N–H and O–H groups in total. The SMILES string of the molecule is O=C(CCN[C@H](CS)C(=O)O)Cc1ccccc1. The normalized spacial score (nSPS) is 12.1. The quantitative estimate of drug-likeness (QED) is 0.618. The van der Waals surface area contributed by atoms with Gasteiger partial charge in [0.15, 0.2) is 0 Å². The van der Waals surface area contributed by atoms with Crippen LogP contribution in [0.1, 0.15) is 12.0 Å². The van der Waals surface area contributed by atoms with E-state index >= 15 is 0 Å². The third kappa shape index (κ3) is 5.33. The van der Waals surface area contributed by atoms with Crippen LogP contribution in [-0.2, 0) is 16.0 Å². The molecule has 1 aromatic rings. The molecule has 0 aliphatic rings. The van der Waals surface area contributed by atoms with E-state index in [4.69, 9.17) is 5.11 Å². The molecule has 0 saturated carbocycles. The first-order valence-corrected chi connectivity index (χ1v) is 6.39. The summed E-state index contributed by atoms with van der Waals surface area (Å²) in [6.45, 7) is 0.364. The summed E-state index contributed by atoms with van der Waals surface area (Å²) in [4.78, 5) is 22.3. The van der Waals surface area contributed by atoms with Crippen LogP contribution in [-0.4, -0.2) is 35.2 Å². The fraction of sp³-hybridized carbons (Fsp3) is 0.385. The molecule has 0 unspecified atom stereocenters. The summed E-state index contributed by atoms with van der Waals surface area (Å²) in [6, 6.07) is 8.79. The number of benzene rings is 1. The van der Waals surface area contributed by atoms with Gasteiger partial charge in [-0.3, -0.25) is 9.59 Å². The molecule has 0 bridgehead atoms. The number of Topliss-reactive ketones (excluding diaryl/α,β-unsaturated/α-hetero) is 1. The molecule has 0 saturated heterocycles. The molecule has 1 aromatic carbocycles. The maximum atomic E-state index is 11.6. The highest BCUT2D eigenvalue weighted by Gasteiger charge is 2.14. The van der Waals surface area contributed by atoms with E-state index < -0.39 is 12.0 Å². The zero-order valence-corrected chi connectivity index (χ0v) is 10.9. The number of hydrogen-bond acceptors (Lipinski definition) is 4. The molecule has 5 heteroatoms. The first-order chi connectivity index (χ1) is 8.63. The van der Waals surface area contributed by atoms with E-state index in [1.807, 2.05) is 30.3 Å². The van der Waals surface area contributed by atoms with Crippen molar-refractivity contribution in [2.45, 2.75) is 18.9 Å². The number of ketones is 1. The Morgan fingerprint density at radius 1 is 1.28 bits per heavy atom. The van der Waals surface area contributed by atoms with Crippen molar-refractivity contribution in [1.82, 2.24) is 5.32 Å². The first kappa shape index (κ1) is 14.7. The maximum absolute atomic E-state index is 11.6. The van der Waals surface area contributed by atoms with Crippen molar-refractivity contribution in [1.29, 1.82) is 0 Å². The number of rotatable bonds is 8. The van der Waals surface area contributed by atoms with Gasteiger partial charge >= 0.3 is 5.97 Å². The fourth-order valence-corrected chi connectivity index (χ4v) is 1.81. The number of hydrogen-bond donors (Lipinski definition) is 3. The van der Waals surface area contributed by atoms with Crippen molar-refractivity contribution in [2.24, 2.45) is 0 Å². The summed E-state index contributed by atoms with van der Waals surface area (Å²) in [5.41, 5.74) is 0.978. The molecule has 4 nitrogen and oxygen atoms in total. The summed E-state index contributed by atoms with van der Waals surface area (Å²) in [5.74, 6) is -0.639. The molecule has 1 atom stereocenters. The molecule has 18 heavy (non-hydrogen) atoms. The molecule has 98 valence electrons. The second-order valence-electron chi connectivity index (χ2n) is 3.98. The molecule has 0 heterocycles. The van der Waals surface area contributed by atoms with Gasteiger partial charge < -0.3 is 10.4 Å². The van der Waals surface area contributed by atoms with E-state index in [0.717, 1.165) is 5.56 Å². The lowest BCUT2D eigenvalue weighted by molar-refractivity contribution is -0.139. The van der Waals surface area contributed by atoms with E-state index in [1.165, 1.54) is 0 Å².